The first-order chi connectivity index (χ1) is 13.4. The van der Waals surface area contributed by atoms with Crippen LogP contribution in [0.15, 0.2) is 12.4 Å². The highest BCUT2D eigenvalue weighted by atomic mass is 32.2. The number of fused-ring (bicyclic) bond motifs is 1. The van der Waals surface area contributed by atoms with Gasteiger partial charge in [0.05, 0.1) is 23.9 Å². The van der Waals surface area contributed by atoms with Gasteiger partial charge in [0.2, 0.25) is 16.0 Å². The Labute approximate surface area is 165 Å². The van der Waals surface area contributed by atoms with Crippen LogP contribution in [0.1, 0.15) is 44.6 Å². The lowest BCUT2D eigenvalue weighted by Crippen LogP contribution is -2.38. The number of hydrogen-bond acceptors (Lipinski definition) is 7. The van der Waals surface area contributed by atoms with E-state index < -0.39 is 10.0 Å². The zero-order valence-electron chi connectivity index (χ0n) is 16.3. The van der Waals surface area contributed by atoms with E-state index in [0.717, 1.165) is 56.1 Å². The lowest BCUT2D eigenvalue weighted by atomic mass is 9.86. The maximum atomic E-state index is 11.7. The fourth-order valence-electron chi connectivity index (χ4n) is 4.23. The summed E-state index contributed by atoms with van der Waals surface area (Å²) in [7, 11) is -3.13. The third-order valence-electron chi connectivity index (χ3n) is 6.01. The maximum absolute atomic E-state index is 11.7. The molecule has 0 radical (unpaired) electrons. The second-order valence-electron chi connectivity index (χ2n) is 8.12. The van der Waals surface area contributed by atoms with Gasteiger partial charge in [-0.25, -0.2) is 22.4 Å². The Morgan fingerprint density at radius 1 is 1.14 bits per heavy atom. The summed E-state index contributed by atoms with van der Waals surface area (Å²) in [5.74, 6) is 1.24. The molecular weight excluding hydrogens is 378 g/mol. The molecule has 4 rings (SSSR count). The summed E-state index contributed by atoms with van der Waals surface area (Å²) in [4.78, 5) is 9.12. The summed E-state index contributed by atoms with van der Waals surface area (Å²) < 4.78 is 26.9. The van der Waals surface area contributed by atoms with E-state index in [1.807, 2.05) is 4.68 Å². The highest BCUT2D eigenvalue weighted by Gasteiger charge is 2.27. The minimum atomic E-state index is -3.13. The van der Waals surface area contributed by atoms with E-state index in [-0.39, 0.29) is 6.04 Å². The van der Waals surface area contributed by atoms with Crippen LogP contribution in [0.25, 0.3) is 11.0 Å². The molecule has 1 saturated heterocycles. The Morgan fingerprint density at radius 2 is 1.86 bits per heavy atom. The zero-order chi connectivity index (χ0) is 19.7. The Kier molecular flexibility index (Phi) is 5.52. The number of nitrogens with two attached hydrogens (primary N) is 1. The van der Waals surface area contributed by atoms with Crippen molar-refractivity contribution in [2.75, 3.05) is 31.2 Å². The molecule has 1 aliphatic heterocycles. The quantitative estimate of drug-likeness (QED) is 0.768. The molecule has 0 aromatic carbocycles. The van der Waals surface area contributed by atoms with Crippen molar-refractivity contribution in [1.29, 1.82) is 0 Å². The summed E-state index contributed by atoms with van der Waals surface area (Å²) in [6.07, 6.45) is 10.8. The average molecular weight is 408 g/mol. The molecule has 1 saturated carbocycles. The standard InChI is InChI=1S/C18H29N7O2S/c1-28(26,27)24-8-6-16(7-9-24)25-17-14(12-22-25)11-21-18(23-17)20-10-13-2-4-15(19)5-3-13/h11-13,15-16H,2-10,19H2,1H3,(H,20,21,23). The Balaban J connectivity index is 1.43. The molecule has 0 spiro atoms. The molecule has 0 atom stereocenters. The Bertz CT molecular complexity index is 913. The van der Waals surface area contributed by atoms with E-state index in [1.165, 1.54) is 10.6 Å². The van der Waals surface area contributed by atoms with Crippen molar-refractivity contribution < 1.29 is 8.42 Å². The molecule has 0 amide bonds. The van der Waals surface area contributed by atoms with Crippen LogP contribution < -0.4 is 11.1 Å². The summed E-state index contributed by atoms with van der Waals surface area (Å²) in [5.41, 5.74) is 6.79. The molecule has 28 heavy (non-hydrogen) atoms. The van der Waals surface area contributed by atoms with E-state index in [2.05, 4.69) is 15.4 Å². The highest BCUT2D eigenvalue weighted by molar-refractivity contribution is 7.88. The summed E-state index contributed by atoms with van der Waals surface area (Å²) >= 11 is 0. The molecule has 2 fully saturated rings. The predicted octanol–water partition coefficient (Wildman–Crippen LogP) is 1.35. The summed E-state index contributed by atoms with van der Waals surface area (Å²) in [5, 5.41) is 8.79. The Morgan fingerprint density at radius 3 is 2.54 bits per heavy atom. The molecule has 0 unspecified atom stereocenters. The van der Waals surface area contributed by atoms with Crippen LogP contribution in [0, 0.1) is 5.92 Å². The normalized spacial score (nSPS) is 25.2. The number of hydrogen-bond donors (Lipinski definition) is 2. The molecule has 3 N–H and O–H groups in total. The van der Waals surface area contributed by atoms with Crippen LogP contribution >= 0.6 is 0 Å². The smallest absolute Gasteiger partial charge is 0.224 e. The van der Waals surface area contributed by atoms with Crippen LogP contribution in [0.4, 0.5) is 5.95 Å². The van der Waals surface area contributed by atoms with Crippen molar-refractivity contribution in [2.24, 2.45) is 11.7 Å². The van der Waals surface area contributed by atoms with E-state index in [1.54, 1.807) is 12.4 Å². The van der Waals surface area contributed by atoms with Crippen LogP contribution in [0.2, 0.25) is 0 Å². The van der Waals surface area contributed by atoms with Crippen LogP contribution in [-0.2, 0) is 10.0 Å². The third kappa shape index (κ3) is 4.28. The number of sulfonamides is 1. The molecule has 9 nitrogen and oxygen atoms in total. The van der Waals surface area contributed by atoms with Gasteiger partial charge in [-0.3, -0.25) is 0 Å². The van der Waals surface area contributed by atoms with Gasteiger partial charge in [-0.05, 0) is 44.4 Å². The highest BCUT2D eigenvalue weighted by Crippen LogP contribution is 2.27. The van der Waals surface area contributed by atoms with Gasteiger partial charge in [0, 0.05) is 31.9 Å². The second kappa shape index (κ2) is 7.92. The third-order valence-corrected chi connectivity index (χ3v) is 7.32. The fraction of sp³-hybridized carbons (Fsp3) is 0.722. The molecule has 154 valence electrons. The van der Waals surface area contributed by atoms with Gasteiger partial charge in [-0.1, -0.05) is 0 Å². The predicted molar refractivity (Wildman–Crippen MR) is 108 cm³/mol. The molecule has 3 heterocycles. The number of piperidine rings is 1. The van der Waals surface area contributed by atoms with Crippen molar-refractivity contribution in [2.45, 2.75) is 50.6 Å². The molecule has 2 aliphatic rings. The lowest BCUT2D eigenvalue weighted by molar-refractivity contribution is 0.266. The first-order valence-corrected chi connectivity index (χ1v) is 11.9. The number of nitrogens with one attached hydrogen (secondary N) is 1. The minimum absolute atomic E-state index is 0.151. The molecule has 0 bridgehead atoms. The molecule has 1 aliphatic carbocycles. The van der Waals surface area contributed by atoms with Gasteiger partial charge in [-0.2, -0.15) is 10.1 Å². The van der Waals surface area contributed by atoms with E-state index in [4.69, 9.17) is 10.7 Å². The van der Waals surface area contributed by atoms with Gasteiger partial charge in [0.15, 0.2) is 5.65 Å². The fourth-order valence-corrected chi connectivity index (χ4v) is 5.11. The van der Waals surface area contributed by atoms with Crippen molar-refractivity contribution in [3.8, 4) is 0 Å². The number of aromatic nitrogens is 4. The lowest BCUT2D eigenvalue weighted by Gasteiger charge is -2.30. The number of rotatable bonds is 5. The topological polar surface area (TPSA) is 119 Å². The van der Waals surface area contributed by atoms with E-state index >= 15 is 0 Å². The zero-order valence-corrected chi connectivity index (χ0v) is 17.1. The second-order valence-corrected chi connectivity index (χ2v) is 10.1. The first kappa shape index (κ1) is 19.5. The molecule has 2 aromatic heterocycles. The summed E-state index contributed by atoms with van der Waals surface area (Å²) in [6.45, 7) is 1.90. The van der Waals surface area contributed by atoms with Crippen LogP contribution in [0.3, 0.4) is 0 Å². The van der Waals surface area contributed by atoms with Crippen molar-refractivity contribution in [3.05, 3.63) is 12.4 Å². The maximum Gasteiger partial charge on any atom is 0.224 e. The van der Waals surface area contributed by atoms with Gasteiger partial charge in [0.1, 0.15) is 0 Å². The molecule has 10 heteroatoms. The average Bonchev–Trinajstić information content (AvgIpc) is 3.10. The molecular formula is C18H29N7O2S. The van der Waals surface area contributed by atoms with Gasteiger partial charge < -0.3 is 11.1 Å². The SMILES string of the molecule is CS(=O)(=O)N1CCC(n2ncc3cnc(NCC4CCC(N)CC4)nc32)CC1. The van der Waals surface area contributed by atoms with E-state index in [0.29, 0.717) is 31.0 Å². The van der Waals surface area contributed by atoms with Crippen molar-refractivity contribution >= 4 is 27.0 Å². The number of anilines is 1. The molecule has 2 aromatic rings. The summed E-state index contributed by atoms with van der Waals surface area (Å²) in [6, 6.07) is 0.505. The van der Waals surface area contributed by atoms with Gasteiger partial charge in [-0.15, -0.1) is 0 Å². The van der Waals surface area contributed by atoms with Crippen LogP contribution in [0.5, 0.6) is 0 Å². The Hall–Kier alpha value is -1.78. The number of nitrogens with zero attached hydrogens (tertiary/aromatic N) is 5. The largest absolute Gasteiger partial charge is 0.354 e. The van der Waals surface area contributed by atoms with Crippen LogP contribution in [-0.4, -0.2) is 64.4 Å². The van der Waals surface area contributed by atoms with Crippen molar-refractivity contribution in [3.63, 3.8) is 0 Å². The van der Waals surface area contributed by atoms with Crippen molar-refractivity contribution in [1.82, 2.24) is 24.1 Å². The minimum Gasteiger partial charge on any atom is -0.354 e. The van der Waals surface area contributed by atoms with Gasteiger partial charge in [0.25, 0.3) is 0 Å². The van der Waals surface area contributed by atoms with E-state index in [9.17, 15) is 8.42 Å². The first-order valence-electron chi connectivity index (χ1n) is 10.0. The van der Waals surface area contributed by atoms with Gasteiger partial charge >= 0.3 is 0 Å². The monoisotopic (exact) mass is 407 g/mol.